The maximum atomic E-state index is 11.9. The first-order chi connectivity index (χ1) is 12.8. The molecule has 0 aromatic heterocycles. The summed E-state index contributed by atoms with van der Waals surface area (Å²) in [5.41, 5.74) is -0.137. The number of esters is 2. The summed E-state index contributed by atoms with van der Waals surface area (Å²) in [5, 5.41) is 46.1. The molecule has 2 aliphatic heterocycles. The summed E-state index contributed by atoms with van der Waals surface area (Å²) < 4.78 is 19.9. The van der Waals surface area contributed by atoms with Crippen molar-refractivity contribution in [1.82, 2.24) is 0 Å². The Bertz CT molecular complexity index is 620. The molecule has 152 valence electrons. The summed E-state index contributed by atoms with van der Waals surface area (Å²) in [6.07, 6.45) is -7.30. The van der Waals surface area contributed by atoms with Gasteiger partial charge in [0.1, 0.15) is 30.1 Å². The lowest BCUT2D eigenvalue weighted by Crippen LogP contribution is -2.59. The molecule has 0 saturated carbocycles. The van der Waals surface area contributed by atoms with Crippen LogP contribution in [0.3, 0.4) is 0 Å². The molecular weight excluding hydrogens is 368 g/mol. The molecule has 12 nitrogen and oxygen atoms in total. The fraction of sp³-hybridized carbons (Fsp3) is 0.733. The van der Waals surface area contributed by atoms with Gasteiger partial charge in [0.15, 0.2) is 12.0 Å². The number of hydrogen-bond donors (Lipinski definition) is 4. The number of hydrogen-bond acceptors (Lipinski definition) is 12. The third-order valence-electron chi connectivity index (χ3n) is 4.23. The number of methoxy groups -OCH3 is 2. The Balaban J connectivity index is 2.10. The SMILES string of the molecule is COC(=O)C1=NN=C(C(=O)OC)C(CO[C@@H]2OC(CO)[C@H](O)[C@H](O)C2O)C1. The van der Waals surface area contributed by atoms with E-state index in [4.69, 9.17) is 9.47 Å². The summed E-state index contributed by atoms with van der Waals surface area (Å²) in [4.78, 5) is 23.5. The molecule has 2 rings (SSSR count). The molecule has 6 atom stereocenters. The van der Waals surface area contributed by atoms with Crippen molar-refractivity contribution in [3.8, 4) is 0 Å². The normalized spacial score (nSPS) is 33.7. The molecule has 2 heterocycles. The standard InChI is InChI=1S/C15H22N2O10/c1-24-13(22)7-3-6(9(17-16-7)14(23)25-2)5-26-15-12(21)11(20)10(19)8(4-18)27-15/h6,8,10-12,15,18-21H,3-5H2,1-2H3/t6?,8?,10-,11-,12?,15+/m0/s1. The van der Waals surface area contributed by atoms with Crippen molar-refractivity contribution < 1.29 is 49.0 Å². The van der Waals surface area contributed by atoms with Crippen LogP contribution >= 0.6 is 0 Å². The van der Waals surface area contributed by atoms with Crippen LogP contribution in [0.4, 0.5) is 0 Å². The summed E-state index contributed by atoms with van der Waals surface area (Å²) in [7, 11) is 2.32. The van der Waals surface area contributed by atoms with Gasteiger partial charge in [-0.1, -0.05) is 0 Å². The van der Waals surface area contributed by atoms with Gasteiger partial charge in [-0.05, 0) is 0 Å². The summed E-state index contributed by atoms with van der Waals surface area (Å²) in [6, 6.07) is 0. The molecular formula is C15H22N2O10. The number of aliphatic hydroxyl groups excluding tert-OH is 4. The molecule has 0 aliphatic carbocycles. The van der Waals surface area contributed by atoms with Crippen LogP contribution in [-0.2, 0) is 28.5 Å². The van der Waals surface area contributed by atoms with Crippen LogP contribution in [0.15, 0.2) is 10.2 Å². The average molecular weight is 390 g/mol. The lowest BCUT2D eigenvalue weighted by molar-refractivity contribution is -0.302. The van der Waals surface area contributed by atoms with Crippen molar-refractivity contribution in [2.45, 2.75) is 37.1 Å². The van der Waals surface area contributed by atoms with Gasteiger partial charge in [-0.15, -0.1) is 10.2 Å². The van der Waals surface area contributed by atoms with E-state index in [2.05, 4.69) is 19.7 Å². The third-order valence-corrected chi connectivity index (χ3v) is 4.23. The van der Waals surface area contributed by atoms with Gasteiger partial charge in [0.25, 0.3) is 0 Å². The number of rotatable bonds is 6. The fourth-order valence-electron chi connectivity index (χ4n) is 2.67. The van der Waals surface area contributed by atoms with Crippen LogP contribution in [0.5, 0.6) is 0 Å². The molecule has 4 N–H and O–H groups in total. The third kappa shape index (κ3) is 4.66. The van der Waals surface area contributed by atoms with Crippen molar-refractivity contribution in [2.24, 2.45) is 16.1 Å². The Labute approximate surface area is 154 Å². The van der Waals surface area contributed by atoms with Gasteiger partial charge < -0.3 is 39.4 Å². The van der Waals surface area contributed by atoms with Crippen molar-refractivity contribution in [1.29, 1.82) is 0 Å². The number of aliphatic hydroxyl groups is 4. The summed E-state index contributed by atoms with van der Waals surface area (Å²) in [6.45, 7) is -0.866. The van der Waals surface area contributed by atoms with E-state index in [1.165, 1.54) is 7.11 Å². The molecule has 27 heavy (non-hydrogen) atoms. The van der Waals surface area contributed by atoms with Crippen molar-refractivity contribution in [2.75, 3.05) is 27.4 Å². The molecule has 0 radical (unpaired) electrons. The van der Waals surface area contributed by atoms with Gasteiger partial charge in [0.2, 0.25) is 0 Å². The van der Waals surface area contributed by atoms with Gasteiger partial charge in [-0.3, -0.25) is 0 Å². The van der Waals surface area contributed by atoms with Crippen molar-refractivity contribution in [3.63, 3.8) is 0 Å². The first-order valence-electron chi connectivity index (χ1n) is 8.07. The van der Waals surface area contributed by atoms with E-state index in [0.29, 0.717) is 0 Å². The van der Waals surface area contributed by atoms with Crippen LogP contribution in [0.25, 0.3) is 0 Å². The molecule has 0 spiro atoms. The van der Waals surface area contributed by atoms with E-state index >= 15 is 0 Å². The van der Waals surface area contributed by atoms with E-state index in [1.54, 1.807) is 0 Å². The Morgan fingerprint density at radius 3 is 2.33 bits per heavy atom. The lowest BCUT2D eigenvalue weighted by atomic mass is 9.95. The highest BCUT2D eigenvalue weighted by atomic mass is 16.7. The van der Waals surface area contributed by atoms with Crippen LogP contribution < -0.4 is 0 Å². The average Bonchev–Trinajstić information content (AvgIpc) is 2.70. The number of ether oxygens (including phenoxy) is 4. The fourth-order valence-corrected chi connectivity index (χ4v) is 2.67. The first kappa shape index (κ1) is 21.3. The Hall–Kier alpha value is -1.96. The first-order valence-corrected chi connectivity index (χ1v) is 8.07. The second-order valence-electron chi connectivity index (χ2n) is 5.95. The van der Waals surface area contributed by atoms with E-state index in [9.17, 15) is 30.0 Å². The highest BCUT2D eigenvalue weighted by Crippen LogP contribution is 2.24. The number of carbonyl (C=O) groups is 2. The number of carbonyl (C=O) groups excluding carboxylic acids is 2. The topological polar surface area (TPSA) is 177 Å². The monoisotopic (exact) mass is 390 g/mol. The van der Waals surface area contributed by atoms with Gasteiger partial charge in [0, 0.05) is 12.3 Å². The molecule has 12 heteroatoms. The largest absolute Gasteiger partial charge is 0.464 e. The second-order valence-corrected chi connectivity index (χ2v) is 5.95. The zero-order chi connectivity index (χ0) is 20.1. The second kappa shape index (κ2) is 9.30. The predicted molar refractivity (Wildman–Crippen MR) is 86.7 cm³/mol. The van der Waals surface area contributed by atoms with Crippen molar-refractivity contribution in [3.05, 3.63) is 0 Å². The summed E-state index contributed by atoms with van der Waals surface area (Å²) in [5.74, 6) is -2.26. The Kier molecular flexibility index (Phi) is 7.35. The molecule has 0 amide bonds. The number of nitrogens with zero attached hydrogens (tertiary/aromatic N) is 2. The minimum Gasteiger partial charge on any atom is -0.464 e. The molecule has 2 aliphatic rings. The molecule has 0 aromatic rings. The van der Waals surface area contributed by atoms with E-state index < -0.39 is 55.2 Å². The van der Waals surface area contributed by atoms with Crippen LogP contribution in [0, 0.1) is 5.92 Å². The molecule has 3 unspecified atom stereocenters. The molecule has 1 fully saturated rings. The van der Waals surface area contributed by atoms with Crippen LogP contribution in [-0.4, -0.2) is 102 Å². The lowest BCUT2D eigenvalue weighted by Gasteiger charge is -2.40. The molecule has 0 aromatic carbocycles. The quantitative estimate of drug-likeness (QED) is 0.341. The highest BCUT2D eigenvalue weighted by Gasteiger charge is 2.44. The maximum Gasteiger partial charge on any atom is 0.354 e. The predicted octanol–water partition coefficient (Wildman–Crippen LogP) is -3.03. The summed E-state index contributed by atoms with van der Waals surface area (Å²) >= 11 is 0. The van der Waals surface area contributed by atoms with Gasteiger partial charge in [-0.2, -0.15) is 0 Å². The molecule has 0 bridgehead atoms. The van der Waals surface area contributed by atoms with Crippen LogP contribution in [0.1, 0.15) is 6.42 Å². The zero-order valence-electron chi connectivity index (χ0n) is 14.7. The van der Waals surface area contributed by atoms with Gasteiger partial charge in [-0.25, -0.2) is 9.59 Å². The van der Waals surface area contributed by atoms with Crippen LogP contribution in [0.2, 0.25) is 0 Å². The van der Waals surface area contributed by atoms with Gasteiger partial charge in [0.05, 0.1) is 27.4 Å². The minimum atomic E-state index is -1.60. The van der Waals surface area contributed by atoms with E-state index in [-0.39, 0.29) is 24.5 Å². The maximum absolute atomic E-state index is 11.9. The van der Waals surface area contributed by atoms with Gasteiger partial charge >= 0.3 is 11.9 Å². The minimum absolute atomic E-state index is 0.0347. The smallest absolute Gasteiger partial charge is 0.354 e. The van der Waals surface area contributed by atoms with E-state index in [0.717, 1.165) is 7.11 Å². The Morgan fingerprint density at radius 2 is 1.74 bits per heavy atom. The van der Waals surface area contributed by atoms with Crippen molar-refractivity contribution >= 4 is 23.4 Å². The highest BCUT2D eigenvalue weighted by molar-refractivity contribution is 6.42. The zero-order valence-corrected chi connectivity index (χ0v) is 14.7. The molecule has 1 saturated heterocycles. The van der Waals surface area contributed by atoms with E-state index in [1.807, 2.05) is 0 Å². The Morgan fingerprint density at radius 1 is 1.07 bits per heavy atom.